The molecule has 0 spiro atoms. The van der Waals surface area contributed by atoms with Gasteiger partial charge in [0.25, 0.3) is 0 Å². The monoisotopic (exact) mass is 277 g/mol. The molecule has 5 heteroatoms. The molecule has 1 saturated heterocycles. The van der Waals surface area contributed by atoms with Crippen LogP contribution in [0, 0.1) is 11.7 Å². The van der Waals surface area contributed by atoms with E-state index in [0.29, 0.717) is 31.4 Å². The average molecular weight is 277 g/mol. The van der Waals surface area contributed by atoms with Crippen molar-refractivity contribution in [1.29, 1.82) is 0 Å². The van der Waals surface area contributed by atoms with Crippen molar-refractivity contribution >= 4 is 11.9 Å². The Labute approximate surface area is 116 Å². The van der Waals surface area contributed by atoms with Crippen LogP contribution < -0.4 is 0 Å². The Morgan fingerprint density at radius 2 is 2.00 bits per heavy atom. The van der Waals surface area contributed by atoms with Crippen LogP contribution in [-0.2, 0) is 15.0 Å². The highest BCUT2D eigenvalue weighted by molar-refractivity contribution is 5.92. The number of carbonyl (C=O) groups is 2. The zero-order valence-corrected chi connectivity index (χ0v) is 11.0. The zero-order chi connectivity index (χ0) is 14.3. The summed E-state index contributed by atoms with van der Waals surface area (Å²) in [4.78, 5) is 25.2. The highest BCUT2D eigenvalue weighted by Crippen LogP contribution is 2.50. The van der Waals surface area contributed by atoms with E-state index in [1.165, 1.54) is 6.07 Å². The first kappa shape index (κ1) is 13.1. The number of nitrogens with zero attached hydrogens (tertiary/aromatic N) is 1. The number of likely N-dealkylation sites (tertiary alicyclic amines) is 1. The molecule has 0 aromatic heterocycles. The molecule has 1 aliphatic carbocycles. The Hall–Kier alpha value is -1.91. The number of benzene rings is 1. The molecule has 1 saturated carbocycles. The average Bonchev–Trinajstić information content (AvgIpc) is 3.07. The van der Waals surface area contributed by atoms with Crippen LogP contribution in [0.2, 0.25) is 0 Å². The van der Waals surface area contributed by atoms with Crippen LogP contribution in [0.4, 0.5) is 4.39 Å². The lowest BCUT2D eigenvalue weighted by Gasteiger charge is -2.23. The molecule has 2 aliphatic rings. The third kappa shape index (κ3) is 1.97. The molecule has 1 N–H and O–H groups in total. The Balaban J connectivity index is 1.81. The molecule has 2 fully saturated rings. The molecule has 106 valence electrons. The summed E-state index contributed by atoms with van der Waals surface area (Å²) in [7, 11) is 0. The van der Waals surface area contributed by atoms with Gasteiger partial charge in [-0.05, 0) is 25.3 Å². The third-order valence-electron chi connectivity index (χ3n) is 4.37. The number of aliphatic carboxylic acids is 1. The highest BCUT2D eigenvalue weighted by atomic mass is 19.1. The van der Waals surface area contributed by atoms with Gasteiger partial charge in [0.15, 0.2) is 0 Å². The maximum Gasteiger partial charge on any atom is 0.308 e. The number of hydrogen-bond acceptors (Lipinski definition) is 2. The molecule has 3 rings (SSSR count). The van der Waals surface area contributed by atoms with Gasteiger partial charge in [-0.3, -0.25) is 9.59 Å². The van der Waals surface area contributed by atoms with Gasteiger partial charge in [-0.15, -0.1) is 0 Å². The predicted molar refractivity (Wildman–Crippen MR) is 69.6 cm³/mol. The second kappa shape index (κ2) is 4.58. The van der Waals surface area contributed by atoms with Crippen LogP contribution in [0.1, 0.15) is 24.8 Å². The van der Waals surface area contributed by atoms with E-state index in [1.807, 2.05) is 0 Å². The molecule has 1 aliphatic heterocycles. The van der Waals surface area contributed by atoms with E-state index in [4.69, 9.17) is 5.11 Å². The third-order valence-corrected chi connectivity index (χ3v) is 4.37. The minimum absolute atomic E-state index is 0.119. The molecule has 1 aromatic carbocycles. The van der Waals surface area contributed by atoms with Crippen LogP contribution >= 0.6 is 0 Å². The summed E-state index contributed by atoms with van der Waals surface area (Å²) in [5.74, 6) is -1.83. The largest absolute Gasteiger partial charge is 0.481 e. The molecule has 4 nitrogen and oxygen atoms in total. The summed E-state index contributed by atoms with van der Waals surface area (Å²) in [5, 5.41) is 8.99. The number of rotatable bonds is 3. The molecule has 0 radical (unpaired) electrons. The Morgan fingerprint density at radius 1 is 1.30 bits per heavy atom. The van der Waals surface area contributed by atoms with Crippen molar-refractivity contribution in [3.05, 3.63) is 35.6 Å². The van der Waals surface area contributed by atoms with Crippen LogP contribution in [0.5, 0.6) is 0 Å². The van der Waals surface area contributed by atoms with Crippen molar-refractivity contribution in [2.24, 2.45) is 5.92 Å². The van der Waals surface area contributed by atoms with Crippen LogP contribution in [0.25, 0.3) is 0 Å². The first-order valence-electron chi connectivity index (χ1n) is 6.82. The lowest BCUT2D eigenvalue weighted by atomic mass is 9.94. The Morgan fingerprint density at radius 3 is 2.55 bits per heavy atom. The van der Waals surface area contributed by atoms with Gasteiger partial charge in [-0.1, -0.05) is 18.2 Å². The number of amides is 1. The van der Waals surface area contributed by atoms with Gasteiger partial charge in [0.2, 0.25) is 5.91 Å². The van der Waals surface area contributed by atoms with E-state index in [-0.39, 0.29) is 18.3 Å². The SMILES string of the molecule is O=C(O)[C@H]1CCN(C(=O)C2(c3ccccc3F)CC2)C1. The molecule has 1 aromatic rings. The minimum atomic E-state index is -0.865. The van der Waals surface area contributed by atoms with E-state index in [2.05, 4.69) is 0 Å². The lowest BCUT2D eigenvalue weighted by Crippen LogP contribution is -2.38. The van der Waals surface area contributed by atoms with Gasteiger partial charge in [0, 0.05) is 18.7 Å². The first-order chi connectivity index (χ1) is 9.54. The molecule has 1 atom stereocenters. The van der Waals surface area contributed by atoms with Gasteiger partial charge in [0.05, 0.1) is 11.3 Å². The van der Waals surface area contributed by atoms with Crippen molar-refractivity contribution in [2.45, 2.75) is 24.7 Å². The summed E-state index contributed by atoms with van der Waals surface area (Å²) in [5.41, 5.74) is -0.303. The van der Waals surface area contributed by atoms with E-state index in [9.17, 15) is 14.0 Å². The molecule has 20 heavy (non-hydrogen) atoms. The van der Waals surface area contributed by atoms with E-state index in [0.717, 1.165) is 0 Å². The number of carboxylic acid groups (broad SMARTS) is 1. The summed E-state index contributed by atoms with van der Waals surface area (Å²) < 4.78 is 13.9. The topological polar surface area (TPSA) is 57.6 Å². The maximum atomic E-state index is 13.9. The fraction of sp³-hybridized carbons (Fsp3) is 0.467. The summed E-state index contributed by atoms with van der Waals surface area (Å²) in [6.07, 6.45) is 1.76. The molecule has 1 heterocycles. The van der Waals surface area contributed by atoms with Crippen molar-refractivity contribution in [2.75, 3.05) is 13.1 Å². The molecule has 1 amide bonds. The van der Waals surface area contributed by atoms with Gasteiger partial charge < -0.3 is 10.0 Å². The van der Waals surface area contributed by atoms with Gasteiger partial charge >= 0.3 is 5.97 Å². The lowest BCUT2D eigenvalue weighted by molar-refractivity contribution is -0.141. The van der Waals surface area contributed by atoms with Crippen molar-refractivity contribution in [1.82, 2.24) is 4.90 Å². The van der Waals surface area contributed by atoms with Gasteiger partial charge in [0.1, 0.15) is 5.82 Å². The molecule has 0 bridgehead atoms. The van der Waals surface area contributed by atoms with Crippen molar-refractivity contribution in [3.63, 3.8) is 0 Å². The standard InChI is InChI=1S/C15H16FNO3/c16-12-4-2-1-3-11(12)15(6-7-15)14(20)17-8-5-10(9-17)13(18)19/h1-4,10H,5-9H2,(H,18,19)/t10-/m0/s1. The van der Waals surface area contributed by atoms with Gasteiger partial charge in [-0.2, -0.15) is 0 Å². The second-order valence-electron chi connectivity index (χ2n) is 5.64. The number of halogens is 1. The summed E-state index contributed by atoms with van der Waals surface area (Å²) >= 11 is 0. The fourth-order valence-electron chi connectivity index (χ4n) is 3.02. The zero-order valence-electron chi connectivity index (χ0n) is 11.0. The molecule has 0 unspecified atom stereocenters. The van der Waals surface area contributed by atoms with E-state index >= 15 is 0 Å². The molecular weight excluding hydrogens is 261 g/mol. The van der Waals surface area contributed by atoms with Crippen molar-refractivity contribution in [3.8, 4) is 0 Å². The normalized spacial score (nSPS) is 23.6. The number of carboxylic acids is 1. The van der Waals surface area contributed by atoms with Crippen LogP contribution in [0.3, 0.4) is 0 Å². The Bertz CT molecular complexity index is 568. The highest BCUT2D eigenvalue weighted by Gasteiger charge is 2.55. The quantitative estimate of drug-likeness (QED) is 0.916. The molecular formula is C15H16FNO3. The summed E-state index contributed by atoms with van der Waals surface area (Å²) in [6.45, 7) is 0.691. The van der Waals surface area contributed by atoms with Gasteiger partial charge in [-0.25, -0.2) is 4.39 Å². The van der Waals surface area contributed by atoms with E-state index in [1.54, 1.807) is 23.1 Å². The minimum Gasteiger partial charge on any atom is -0.481 e. The van der Waals surface area contributed by atoms with Crippen molar-refractivity contribution < 1.29 is 19.1 Å². The maximum absolute atomic E-state index is 13.9. The Kier molecular flexibility index (Phi) is 3.00. The second-order valence-corrected chi connectivity index (χ2v) is 5.64. The fourth-order valence-corrected chi connectivity index (χ4v) is 3.02. The number of hydrogen-bond donors (Lipinski definition) is 1. The predicted octanol–water partition coefficient (Wildman–Crippen LogP) is 1.79. The number of carbonyl (C=O) groups excluding carboxylic acids is 1. The van der Waals surface area contributed by atoms with E-state index < -0.39 is 17.3 Å². The summed E-state index contributed by atoms with van der Waals surface area (Å²) in [6, 6.07) is 6.36. The van der Waals surface area contributed by atoms with Crippen LogP contribution in [0.15, 0.2) is 24.3 Å². The smallest absolute Gasteiger partial charge is 0.308 e. The van der Waals surface area contributed by atoms with Crippen LogP contribution in [-0.4, -0.2) is 35.0 Å². The first-order valence-corrected chi connectivity index (χ1v) is 6.82.